The lowest BCUT2D eigenvalue weighted by molar-refractivity contribution is -0.146. The number of nitrogens with zero attached hydrogens (tertiary/aromatic N) is 1. The molecule has 0 aromatic heterocycles. The normalized spacial score (nSPS) is 11.3. The van der Waals surface area contributed by atoms with Crippen LogP contribution >= 0.6 is 0 Å². The molecule has 0 aliphatic rings. The Morgan fingerprint density at radius 3 is 2.24 bits per heavy atom. The molecule has 0 radical (unpaired) electrons. The monoisotopic (exact) mass is 235 g/mol. The minimum Gasteiger partial charge on any atom is -0.481 e. The third-order valence-electron chi connectivity index (χ3n) is 2.95. The summed E-state index contributed by atoms with van der Waals surface area (Å²) in [5, 5.41) is 9.15. The number of anilines is 1. The second kappa shape index (κ2) is 5.21. The highest BCUT2D eigenvalue weighted by Crippen LogP contribution is 2.22. The largest absolute Gasteiger partial charge is 0.481 e. The van der Waals surface area contributed by atoms with Gasteiger partial charge in [0.25, 0.3) is 0 Å². The summed E-state index contributed by atoms with van der Waals surface area (Å²) in [5.74, 6) is -0.761. The fourth-order valence-electron chi connectivity index (χ4n) is 1.69. The third kappa shape index (κ3) is 3.48. The Labute approximate surface area is 103 Å². The number of hydrogen-bond donors (Lipinski definition) is 1. The maximum atomic E-state index is 11.1. The number of carbonyl (C=O) groups is 1. The van der Waals surface area contributed by atoms with Gasteiger partial charge in [-0.05, 0) is 39.8 Å². The molecule has 0 atom stereocenters. The molecule has 1 aromatic carbocycles. The van der Waals surface area contributed by atoms with E-state index < -0.39 is 11.4 Å². The van der Waals surface area contributed by atoms with Gasteiger partial charge in [0.2, 0.25) is 0 Å². The molecule has 0 aliphatic heterocycles. The van der Waals surface area contributed by atoms with Crippen LogP contribution < -0.4 is 4.90 Å². The maximum absolute atomic E-state index is 11.1. The Hall–Kier alpha value is -1.51. The minimum absolute atomic E-state index is 0.516. The highest BCUT2D eigenvalue weighted by atomic mass is 16.4. The van der Waals surface area contributed by atoms with Gasteiger partial charge in [0, 0.05) is 18.8 Å². The van der Waals surface area contributed by atoms with E-state index >= 15 is 0 Å². The van der Waals surface area contributed by atoms with Crippen LogP contribution in [0.15, 0.2) is 24.3 Å². The number of rotatable bonds is 5. The van der Waals surface area contributed by atoms with Crippen molar-refractivity contribution in [3.63, 3.8) is 0 Å². The lowest BCUT2D eigenvalue weighted by Crippen LogP contribution is -2.39. The predicted octanol–water partition coefficient (Wildman–Crippen LogP) is 2.93. The van der Waals surface area contributed by atoms with Gasteiger partial charge in [0.15, 0.2) is 0 Å². The van der Waals surface area contributed by atoms with Crippen LogP contribution in [0.4, 0.5) is 5.69 Å². The zero-order chi connectivity index (χ0) is 13.1. The topological polar surface area (TPSA) is 40.5 Å². The molecule has 0 aliphatic carbocycles. The first-order valence-electron chi connectivity index (χ1n) is 5.92. The summed E-state index contributed by atoms with van der Waals surface area (Å²) in [6.45, 7) is 8.92. The van der Waals surface area contributed by atoms with Crippen LogP contribution in [-0.4, -0.2) is 24.2 Å². The van der Waals surface area contributed by atoms with Crippen LogP contribution in [0.25, 0.3) is 0 Å². The Morgan fingerprint density at radius 2 is 1.82 bits per heavy atom. The van der Waals surface area contributed by atoms with Crippen molar-refractivity contribution in [3.8, 4) is 0 Å². The first-order valence-corrected chi connectivity index (χ1v) is 5.92. The lowest BCUT2D eigenvalue weighted by atomic mass is 9.93. The zero-order valence-corrected chi connectivity index (χ0v) is 11.0. The van der Waals surface area contributed by atoms with Crippen molar-refractivity contribution in [3.05, 3.63) is 29.8 Å². The Bertz CT molecular complexity index is 382. The number of aryl methyl sites for hydroxylation is 1. The van der Waals surface area contributed by atoms with Gasteiger partial charge < -0.3 is 10.0 Å². The van der Waals surface area contributed by atoms with Crippen LogP contribution in [0, 0.1) is 12.3 Å². The highest BCUT2D eigenvalue weighted by Gasteiger charge is 2.29. The van der Waals surface area contributed by atoms with Gasteiger partial charge in [0.1, 0.15) is 0 Å². The first-order chi connectivity index (χ1) is 7.86. The standard InChI is InChI=1S/C14H21NO2/c1-5-15(10-14(3,4)13(16)17)12-8-6-11(2)7-9-12/h6-9H,5,10H2,1-4H3,(H,16,17). The van der Waals surface area contributed by atoms with E-state index in [4.69, 9.17) is 5.11 Å². The maximum Gasteiger partial charge on any atom is 0.310 e. The summed E-state index contributed by atoms with van der Waals surface area (Å²) < 4.78 is 0. The molecular weight excluding hydrogens is 214 g/mol. The van der Waals surface area contributed by atoms with Crippen molar-refractivity contribution >= 4 is 11.7 Å². The van der Waals surface area contributed by atoms with Crippen LogP contribution in [-0.2, 0) is 4.79 Å². The number of carboxylic acids is 1. The van der Waals surface area contributed by atoms with Crippen molar-refractivity contribution in [2.45, 2.75) is 27.7 Å². The molecule has 3 nitrogen and oxygen atoms in total. The van der Waals surface area contributed by atoms with E-state index in [0.717, 1.165) is 12.2 Å². The molecule has 17 heavy (non-hydrogen) atoms. The van der Waals surface area contributed by atoms with Crippen molar-refractivity contribution in [2.24, 2.45) is 5.41 Å². The molecule has 0 heterocycles. The zero-order valence-electron chi connectivity index (χ0n) is 11.0. The van der Waals surface area contributed by atoms with Crippen LogP contribution in [0.3, 0.4) is 0 Å². The SMILES string of the molecule is CCN(CC(C)(C)C(=O)O)c1ccc(C)cc1. The minimum atomic E-state index is -0.761. The molecule has 0 spiro atoms. The first kappa shape index (κ1) is 13.6. The van der Waals surface area contributed by atoms with Crippen molar-refractivity contribution in [1.82, 2.24) is 0 Å². The molecular formula is C14H21NO2. The lowest BCUT2D eigenvalue weighted by Gasteiger charge is -2.30. The van der Waals surface area contributed by atoms with E-state index in [2.05, 4.69) is 4.90 Å². The summed E-state index contributed by atoms with van der Waals surface area (Å²) in [4.78, 5) is 13.2. The van der Waals surface area contributed by atoms with Gasteiger partial charge in [0.05, 0.1) is 5.41 Å². The Balaban J connectivity index is 2.86. The third-order valence-corrected chi connectivity index (χ3v) is 2.95. The molecule has 1 N–H and O–H groups in total. The van der Waals surface area contributed by atoms with Crippen LogP contribution in [0.5, 0.6) is 0 Å². The number of hydrogen-bond acceptors (Lipinski definition) is 2. The van der Waals surface area contributed by atoms with Gasteiger partial charge in [-0.25, -0.2) is 0 Å². The summed E-state index contributed by atoms with van der Waals surface area (Å²) in [6, 6.07) is 8.17. The number of aliphatic carboxylic acids is 1. The Morgan fingerprint density at radius 1 is 1.29 bits per heavy atom. The molecule has 0 amide bonds. The summed E-state index contributed by atoms with van der Waals surface area (Å²) in [5.41, 5.74) is 1.55. The molecule has 3 heteroatoms. The smallest absolute Gasteiger partial charge is 0.310 e. The van der Waals surface area contributed by atoms with Crippen LogP contribution in [0.1, 0.15) is 26.3 Å². The average molecular weight is 235 g/mol. The highest BCUT2D eigenvalue weighted by molar-refractivity contribution is 5.74. The summed E-state index contributed by atoms with van der Waals surface area (Å²) in [6.07, 6.45) is 0. The van der Waals surface area contributed by atoms with Crippen LogP contribution in [0.2, 0.25) is 0 Å². The van der Waals surface area contributed by atoms with Gasteiger partial charge in [-0.1, -0.05) is 17.7 Å². The van der Waals surface area contributed by atoms with Crippen molar-refractivity contribution < 1.29 is 9.90 Å². The molecule has 0 bridgehead atoms. The van der Waals surface area contributed by atoms with Gasteiger partial charge in [-0.3, -0.25) is 4.79 Å². The molecule has 94 valence electrons. The fraction of sp³-hybridized carbons (Fsp3) is 0.500. The summed E-state index contributed by atoms with van der Waals surface area (Å²) >= 11 is 0. The van der Waals surface area contributed by atoms with Gasteiger partial charge in [-0.2, -0.15) is 0 Å². The van der Waals surface area contributed by atoms with Crippen molar-refractivity contribution in [1.29, 1.82) is 0 Å². The molecule has 1 aromatic rings. The number of carboxylic acid groups (broad SMARTS) is 1. The summed E-state index contributed by atoms with van der Waals surface area (Å²) in [7, 11) is 0. The molecule has 0 fully saturated rings. The van der Waals surface area contributed by atoms with E-state index in [1.807, 2.05) is 38.1 Å². The molecule has 1 rings (SSSR count). The number of benzene rings is 1. The van der Waals surface area contributed by atoms with E-state index in [-0.39, 0.29) is 0 Å². The van der Waals surface area contributed by atoms with Gasteiger partial charge >= 0.3 is 5.97 Å². The second-order valence-corrected chi connectivity index (χ2v) is 5.04. The molecule has 0 saturated heterocycles. The van der Waals surface area contributed by atoms with E-state index in [1.54, 1.807) is 13.8 Å². The average Bonchev–Trinajstić information content (AvgIpc) is 2.27. The van der Waals surface area contributed by atoms with E-state index in [9.17, 15) is 4.79 Å². The predicted molar refractivity (Wildman–Crippen MR) is 70.5 cm³/mol. The van der Waals surface area contributed by atoms with E-state index in [0.29, 0.717) is 6.54 Å². The molecule has 0 unspecified atom stereocenters. The second-order valence-electron chi connectivity index (χ2n) is 5.04. The van der Waals surface area contributed by atoms with Crippen molar-refractivity contribution in [2.75, 3.05) is 18.0 Å². The van der Waals surface area contributed by atoms with E-state index in [1.165, 1.54) is 5.56 Å². The fourth-order valence-corrected chi connectivity index (χ4v) is 1.69. The Kier molecular flexibility index (Phi) is 4.16. The van der Waals surface area contributed by atoms with Gasteiger partial charge in [-0.15, -0.1) is 0 Å². The molecule has 0 saturated carbocycles. The quantitative estimate of drug-likeness (QED) is 0.853.